The highest BCUT2D eigenvalue weighted by molar-refractivity contribution is 5.79. The minimum absolute atomic E-state index is 0.0871. The maximum atomic E-state index is 12.2. The summed E-state index contributed by atoms with van der Waals surface area (Å²) in [7, 11) is 1.61. The summed E-state index contributed by atoms with van der Waals surface area (Å²) in [6.07, 6.45) is 0.615. The lowest BCUT2D eigenvalue weighted by molar-refractivity contribution is -0.126. The molecule has 3 rings (SSSR count). The average Bonchev–Trinajstić information content (AvgIpc) is 2.97. The number of hydrogen-bond acceptors (Lipinski definition) is 6. The zero-order chi connectivity index (χ0) is 15.5. The second-order valence-corrected chi connectivity index (χ2v) is 5.13. The van der Waals surface area contributed by atoms with Gasteiger partial charge in [0.05, 0.1) is 19.6 Å². The lowest BCUT2D eigenvalue weighted by Crippen LogP contribution is -2.37. The van der Waals surface area contributed by atoms with Crippen LogP contribution in [0.3, 0.4) is 0 Å². The number of nitrogens with zero attached hydrogens (tertiary/aromatic N) is 2. The third-order valence-electron chi connectivity index (χ3n) is 3.54. The van der Waals surface area contributed by atoms with Gasteiger partial charge in [-0.05, 0) is 30.2 Å². The molecule has 1 N–H and O–H groups in total. The first-order chi connectivity index (χ1) is 10.7. The van der Waals surface area contributed by atoms with Gasteiger partial charge in [-0.1, -0.05) is 5.16 Å². The number of carbonyl (C=O) groups excluding carboxylic acids is 1. The summed E-state index contributed by atoms with van der Waals surface area (Å²) < 4.78 is 15.7. The van der Waals surface area contributed by atoms with Crippen LogP contribution in [-0.4, -0.2) is 29.8 Å². The van der Waals surface area contributed by atoms with Gasteiger partial charge >= 0.3 is 0 Å². The number of hydrogen-bond donors (Lipinski definition) is 1. The van der Waals surface area contributed by atoms with Crippen molar-refractivity contribution in [3.8, 4) is 11.5 Å². The number of methoxy groups -OCH3 is 1. The lowest BCUT2D eigenvalue weighted by Gasteiger charge is -2.24. The number of benzene rings is 1. The van der Waals surface area contributed by atoms with Gasteiger partial charge in [-0.2, -0.15) is 4.98 Å². The van der Waals surface area contributed by atoms with E-state index in [1.165, 1.54) is 0 Å². The molecule has 0 saturated heterocycles. The van der Waals surface area contributed by atoms with Gasteiger partial charge < -0.3 is 19.3 Å². The van der Waals surface area contributed by atoms with E-state index in [2.05, 4.69) is 15.5 Å². The first-order valence-corrected chi connectivity index (χ1v) is 7.02. The molecular formula is C15H17N3O4. The molecule has 0 saturated carbocycles. The molecule has 0 bridgehead atoms. The van der Waals surface area contributed by atoms with E-state index < -0.39 is 0 Å². The maximum Gasteiger partial charge on any atom is 0.227 e. The molecular weight excluding hydrogens is 286 g/mol. The summed E-state index contributed by atoms with van der Waals surface area (Å²) in [5, 5.41) is 6.55. The predicted octanol–water partition coefficient (Wildman–Crippen LogP) is 1.25. The molecule has 116 valence electrons. The SMILES string of the molecule is COc1ccc2c(c1)CC(C(=O)NCc1noc(C)n1)CO2. The number of ether oxygens (including phenoxy) is 2. The monoisotopic (exact) mass is 303 g/mol. The van der Waals surface area contributed by atoms with Crippen molar-refractivity contribution in [3.63, 3.8) is 0 Å². The Labute approximate surface area is 127 Å². The fourth-order valence-corrected chi connectivity index (χ4v) is 2.39. The molecule has 1 aromatic carbocycles. The molecule has 1 aliphatic heterocycles. The van der Waals surface area contributed by atoms with Crippen LogP contribution in [0.4, 0.5) is 0 Å². The van der Waals surface area contributed by atoms with Crippen molar-refractivity contribution in [2.75, 3.05) is 13.7 Å². The van der Waals surface area contributed by atoms with Crippen molar-refractivity contribution in [3.05, 3.63) is 35.5 Å². The molecule has 22 heavy (non-hydrogen) atoms. The Morgan fingerprint density at radius 3 is 3.09 bits per heavy atom. The summed E-state index contributed by atoms with van der Waals surface area (Å²) in [4.78, 5) is 16.3. The minimum atomic E-state index is -0.243. The quantitative estimate of drug-likeness (QED) is 0.915. The molecule has 0 aliphatic carbocycles. The summed E-state index contributed by atoms with van der Waals surface area (Å²) in [6.45, 7) is 2.31. The standard InChI is InChI=1S/C15H17N3O4/c1-9-17-14(18-22-9)7-16-15(19)11-5-10-6-12(20-2)3-4-13(10)21-8-11/h3-4,6,11H,5,7-8H2,1-2H3,(H,16,19). The van der Waals surface area contributed by atoms with E-state index in [1.54, 1.807) is 14.0 Å². The smallest absolute Gasteiger partial charge is 0.227 e. The van der Waals surface area contributed by atoms with E-state index in [-0.39, 0.29) is 18.4 Å². The molecule has 1 unspecified atom stereocenters. The number of amides is 1. The first-order valence-electron chi connectivity index (χ1n) is 7.02. The van der Waals surface area contributed by atoms with E-state index >= 15 is 0 Å². The normalized spacial score (nSPS) is 16.5. The zero-order valence-electron chi connectivity index (χ0n) is 12.5. The Hall–Kier alpha value is -2.57. The van der Waals surface area contributed by atoms with Crippen LogP contribution in [0.15, 0.2) is 22.7 Å². The Kier molecular flexibility index (Phi) is 3.95. The first kappa shape index (κ1) is 14.4. The fraction of sp³-hybridized carbons (Fsp3) is 0.400. The van der Waals surface area contributed by atoms with Crippen LogP contribution in [0.2, 0.25) is 0 Å². The lowest BCUT2D eigenvalue weighted by atomic mass is 9.96. The molecule has 0 radical (unpaired) electrons. The maximum absolute atomic E-state index is 12.2. The van der Waals surface area contributed by atoms with Gasteiger partial charge in [0.15, 0.2) is 5.82 Å². The topological polar surface area (TPSA) is 86.5 Å². The molecule has 1 atom stereocenters. The van der Waals surface area contributed by atoms with Crippen LogP contribution in [0.1, 0.15) is 17.3 Å². The van der Waals surface area contributed by atoms with Gasteiger partial charge in [-0.25, -0.2) is 0 Å². The summed E-state index contributed by atoms with van der Waals surface area (Å²) in [5.74, 6) is 2.17. The van der Waals surface area contributed by atoms with Gasteiger partial charge in [0.2, 0.25) is 11.8 Å². The number of fused-ring (bicyclic) bond motifs is 1. The van der Waals surface area contributed by atoms with Crippen LogP contribution in [0, 0.1) is 12.8 Å². The van der Waals surface area contributed by atoms with Crippen molar-refractivity contribution in [2.45, 2.75) is 19.9 Å². The Balaban J connectivity index is 1.62. The van der Waals surface area contributed by atoms with Crippen LogP contribution >= 0.6 is 0 Å². The third kappa shape index (κ3) is 3.03. The van der Waals surface area contributed by atoms with Crippen LogP contribution in [-0.2, 0) is 17.8 Å². The van der Waals surface area contributed by atoms with Gasteiger partial charge in [0.25, 0.3) is 0 Å². The average molecular weight is 303 g/mol. The third-order valence-corrected chi connectivity index (χ3v) is 3.54. The second kappa shape index (κ2) is 6.05. The van der Waals surface area contributed by atoms with Crippen molar-refractivity contribution in [1.29, 1.82) is 0 Å². The highest BCUT2D eigenvalue weighted by Gasteiger charge is 2.26. The molecule has 2 heterocycles. The van der Waals surface area contributed by atoms with Crippen molar-refractivity contribution < 1.29 is 18.8 Å². The number of carbonyl (C=O) groups is 1. The predicted molar refractivity (Wildman–Crippen MR) is 76.6 cm³/mol. The molecule has 1 aliphatic rings. The van der Waals surface area contributed by atoms with E-state index in [0.29, 0.717) is 24.7 Å². The van der Waals surface area contributed by atoms with E-state index in [9.17, 15) is 4.79 Å². The molecule has 0 fully saturated rings. The van der Waals surface area contributed by atoms with E-state index in [1.807, 2.05) is 18.2 Å². The molecule has 7 nitrogen and oxygen atoms in total. The Bertz CT molecular complexity index is 683. The fourth-order valence-electron chi connectivity index (χ4n) is 2.39. The largest absolute Gasteiger partial charge is 0.497 e. The Morgan fingerprint density at radius 1 is 1.50 bits per heavy atom. The Morgan fingerprint density at radius 2 is 2.36 bits per heavy atom. The van der Waals surface area contributed by atoms with Crippen LogP contribution < -0.4 is 14.8 Å². The molecule has 0 spiro atoms. The van der Waals surface area contributed by atoms with Crippen molar-refractivity contribution in [2.24, 2.45) is 5.92 Å². The number of aryl methyl sites for hydroxylation is 1. The number of aromatic nitrogens is 2. The van der Waals surface area contributed by atoms with Gasteiger partial charge in [-0.15, -0.1) is 0 Å². The summed E-state index contributed by atoms with van der Waals surface area (Å²) in [5.41, 5.74) is 0.973. The van der Waals surface area contributed by atoms with Crippen molar-refractivity contribution in [1.82, 2.24) is 15.5 Å². The number of nitrogens with one attached hydrogen (secondary N) is 1. The summed E-state index contributed by atoms with van der Waals surface area (Å²) >= 11 is 0. The zero-order valence-corrected chi connectivity index (χ0v) is 12.5. The second-order valence-electron chi connectivity index (χ2n) is 5.13. The molecule has 7 heteroatoms. The van der Waals surface area contributed by atoms with Gasteiger partial charge in [0, 0.05) is 6.92 Å². The van der Waals surface area contributed by atoms with Gasteiger partial charge in [-0.3, -0.25) is 4.79 Å². The molecule has 1 amide bonds. The summed E-state index contributed by atoms with van der Waals surface area (Å²) in [6, 6.07) is 5.61. The highest BCUT2D eigenvalue weighted by atomic mass is 16.5. The van der Waals surface area contributed by atoms with E-state index in [0.717, 1.165) is 17.1 Å². The highest BCUT2D eigenvalue weighted by Crippen LogP contribution is 2.30. The van der Waals surface area contributed by atoms with Crippen LogP contribution in [0.5, 0.6) is 11.5 Å². The minimum Gasteiger partial charge on any atom is -0.497 e. The number of rotatable bonds is 4. The molecule has 1 aromatic heterocycles. The van der Waals surface area contributed by atoms with Gasteiger partial charge in [0.1, 0.15) is 18.1 Å². The van der Waals surface area contributed by atoms with Crippen molar-refractivity contribution >= 4 is 5.91 Å². The molecule has 2 aromatic rings. The van der Waals surface area contributed by atoms with E-state index in [4.69, 9.17) is 14.0 Å². The van der Waals surface area contributed by atoms with Crippen LogP contribution in [0.25, 0.3) is 0 Å².